The molecule has 1 fully saturated rings. The van der Waals surface area contributed by atoms with Gasteiger partial charge in [-0.3, -0.25) is 38.5 Å². The number of primary amides is 1. The van der Waals surface area contributed by atoms with Crippen molar-refractivity contribution in [2.75, 3.05) is 11.4 Å². The average molecular weight is 1000 g/mol. The van der Waals surface area contributed by atoms with Crippen LogP contribution in [0.3, 0.4) is 0 Å². The van der Waals surface area contributed by atoms with Crippen LogP contribution in [-0.4, -0.2) is 99.2 Å². The Balaban J connectivity index is 0.868. The van der Waals surface area contributed by atoms with Crippen LogP contribution < -0.4 is 37.6 Å². The fourth-order valence-corrected chi connectivity index (χ4v) is 10.7. The number of hydrogen-bond acceptors (Lipinski definition) is 11. The molecule has 4 heterocycles. The number of thiazole rings is 1. The number of carbonyl (C=O) groups excluding carboxylic acids is 7. The molecule has 0 saturated carbocycles. The summed E-state index contributed by atoms with van der Waals surface area (Å²) >= 11 is 1.57. The maximum absolute atomic E-state index is 14.2. The molecule has 7 rings (SSSR count). The molecule has 4 aromatic rings. The number of likely N-dealkylation sites (tertiary alicyclic amines) is 1. The first-order chi connectivity index (χ1) is 34.3. The van der Waals surface area contributed by atoms with E-state index in [-0.39, 0.29) is 69.0 Å². The van der Waals surface area contributed by atoms with Crippen LogP contribution in [0.25, 0.3) is 10.4 Å². The molecule has 3 aliphatic heterocycles. The molecule has 72 heavy (non-hydrogen) atoms. The van der Waals surface area contributed by atoms with E-state index in [4.69, 9.17) is 11.5 Å². The monoisotopic (exact) mass is 1000 g/mol. The molecule has 7 atom stereocenters. The van der Waals surface area contributed by atoms with E-state index in [2.05, 4.69) is 26.3 Å². The van der Waals surface area contributed by atoms with E-state index in [1.165, 1.54) is 9.80 Å². The van der Waals surface area contributed by atoms with Crippen molar-refractivity contribution in [1.82, 2.24) is 31.2 Å². The van der Waals surface area contributed by atoms with Crippen LogP contribution in [0.5, 0.6) is 0 Å². The van der Waals surface area contributed by atoms with Gasteiger partial charge in [0.15, 0.2) is 0 Å². The Morgan fingerprint density at radius 2 is 1.60 bits per heavy atom. The van der Waals surface area contributed by atoms with Gasteiger partial charge in [-0.15, -0.1) is 11.3 Å². The second-order valence-corrected chi connectivity index (χ2v) is 21.4. The van der Waals surface area contributed by atoms with Gasteiger partial charge in [-0.2, -0.15) is 0 Å². The Morgan fingerprint density at radius 3 is 2.31 bits per heavy atom. The molecule has 9 N–H and O–H groups in total. The van der Waals surface area contributed by atoms with Gasteiger partial charge in [0.2, 0.25) is 41.4 Å². The Hall–Kier alpha value is -6.50. The number of aliphatic hydroxyl groups excluding tert-OH is 1. The first-order valence-corrected chi connectivity index (χ1v) is 25.9. The predicted octanol–water partition coefficient (Wildman–Crippen LogP) is 4.19. The molecule has 17 nitrogen and oxygen atoms in total. The summed E-state index contributed by atoms with van der Waals surface area (Å²) in [6.45, 7) is 9.56. The molecule has 0 radical (unpaired) electrons. The zero-order valence-corrected chi connectivity index (χ0v) is 42.7. The third-order valence-corrected chi connectivity index (χ3v) is 14.9. The summed E-state index contributed by atoms with van der Waals surface area (Å²) < 4.78 is 0. The third kappa shape index (κ3) is 12.9. The zero-order chi connectivity index (χ0) is 51.9. The van der Waals surface area contributed by atoms with Crippen LogP contribution >= 0.6 is 11.3 Å². The molecule has 0 spiro atoms. The first-order valence-electron chi connectivity index (χ1n) is 25.0. The van der Waals surface area contributed by atoms with Crippen molar-refractivity contribution in [2.45, 2.75) is 154 Å². The highest BCUT2D eigenvalue weighted by Gasteiger charge is 2.46. The summed E-state index contributed by atoms with van der Waals surface area (Å²) in [5, 5.41) is 22.4. The van der Waals surface area contributed by atoms with E-state index in [1.807, 2.05) is 107 Å². The number of aliphatic hydroxyl groups is 1. The van der Waals surface area contributed by atoms with Gasteiger partial charge in [0.05, 0.1) is 40.0 Å². The van der Waals surface area contributed by atoms with E-state index in [0.717, 1.165) is 56.8 Å². The van der Waals surface area contributed by atoms with Crippen LogP contribution in [0.4, 0.5) is 5.69 Å². The minimum Gasteiger partial charge on any atom is -0.391 e. The average Bonchev–Trinajstić information content (AvgIpc) is 4.06. The van der Waals surface area contributed by atoms with Crippen LogP contribution in [-0.2, 0) is 59.4 Å². The summed E-state index contributed by atoms with van der Waals surface area (Å²) in [5.74, 6) is -3.03. The van der Waals surface area contributed by atoms with Gasteiger partial charge in [0, 0.05) is 38.8 Å². The number of rotatable bonds is 20. The molecular weight excluding hydrogens is 935 g/mol. The molecule has 3 aromatic carbocycles. The molecule has 384 valence electrons. The highest BCUT2D eigenvalue weighted by Crippen LogP contribution is 2.39. The number of anilines is 1. The quantitative estimate of drug-likeness (QED) is 0.0622. The van der Waals surface area contributed by atoms with Gasteiger partial charge in [-0.05, 0) is 91.2 Å². The predicted molar refractivity (Wildman–Crippen MR) is 275 cm³/mol. The number of nitrogens with one attached hydrogen (secondary N) is 4. The number of unbranched alkanes of at least 4 members (excludes halogenated alkanes) is 2. The van der Waals surface area contributed by atoms with Crippen molar-refractivity contribution >= 4 is 58.4 Å². The van der Waals surface area contributed by atoms with E-state index >= 15 is 0 Å². The number of para-hydroxylation sites is 1. The maximum atomic E-state index is 14.2. The molecule has 3 aliphatic rings. The lowest BCUT2D eigenvalue weighted by Gasteiger charge is -2.35. The molecule has 0 aliphatic carbocycles. The molecule has 1 unspecified atom stereocenters. The molecular formula is C54H69N9O8S. The van der Waals surface area contributed by atoms with Crippen molar-refractivity contribution in [3.63, 3.8) is 0 Å². The lowest BCUT2D eigenvalue weighted by molar-refractivity contribution is -0.144. The SMILES string of the molecule is Cc1ncsc1-c1ccc([C@H](C)NC(=O)[C@@H]2C[C@@H](O)CN2C(=O)C(NC(=O)CCCCCc2cccc(CNC(=O)[C@H](CCC(N)=O)NC(=O)[C@@H]3Cc4cccc5c4N3C(=O)[C@@H](N)CC5)c2)C(C)(C)C)cc1. The van der Waals surface area contributed by atoms with Crippen molar-refractivity contribution in [3.8, 4) is 10.4 Å². The molecule has 7 amide bonds. The topological polar surface area (TPSA) is 259 Å². The summed E-state index contributed by atoms with van der Waals surface area (Å²) in [6.07, 6.45) is 3.39. The lowest BCUT2D eigenvalue weighted by Crippen LogP contribution is -2.57. The van der Waals surface area contributed by atoms with Crippen molar-refractivity contribution in [2.24, 2.45) is 16.9 Å². The number of aryl methyl sites for hydroxylation is 3. The van der Waals surface area contributed by atoms with Crippen molar-refractivity contribution in [1.29, 1.82) is 0 Å². The first kappa shape index (κ1) is 53.3. The second-order valence-electron chi connectivity index (χ2n) is 20.5. The Bertz CT molecular complexity index is 2650. The van der Waals surface area contributed by atoms with Crippen LogP contribution in [0.15, 0.2) is 72.2 Å². The highest BCUT2D eigenvalue weighted by atomic mass is 32.1. The Kier molecular flexibility index (Phi) is 17.3. The normalized spacial score (nSPS) is 19.7. The molecule has 1 saturated heterocycles. The van der Waals surface area contributed by atoms with Crippen molar-refractivity contribution in [3.05, 3.63) is 106 Å². The number of β-amino-alcohol motifs (C(OH)–C–C–N with tert-alkyl or cyclic N) is 1. The summed E-state index contributed by atoms with van der Waals surface area (Å²) in [5.41, 5.74) is 20.0. The minimum atomic E-state index is -1.08. The fraction of sp³-hybridized carbons (Fsp3) is 0.481. The van der Waals surface area contributed by atoms with Gasteiger partial charge in [-0.25, -0.2) is 4.98 Å². The number of nitrogens with zero attached hydrogens (tertiary/aromatic N) is 3. The summed E-state index contributed by atoms with van der Waals surface area (Å²) in [7, 11) is 0. The number of aromatic nitrogens is 1. The maximum Gasteiger partial charge on any atom is 0.246 e. The van der Waals surface area contributed by atoms with Crippen LogP contribution in [0, 0.1) is 12.3 Å². The van der Waals surface area contributed by atoms with Gasteiger partial charge < -0.3 is 42.7 Å². The number of benzene rings is 3. The number of carbonyl (C=O) groups is 7. The Morgan fingerprint density at radius 1 is 0.889 bits per heavy atom. The molecule has 1 aromatic heterocycles. The van der Waals surface area contributed by atoms with Gasteiger partial charge in [0.1, 0.15) is 24.2 Å². The number of nitrogens with two attached hydrogens (primary N) is 2. The van der Waals surface area contributed by atoms with Gasteiger partial charge in [-0.1, -0.05) is 93.9 Å². The number of hydrogen-bond donors (Lipinski definition) is 7. The largest absolute Gasteiger partial charge is 0.391 e. The smallest absolute Gasteiger partial charge is 0.246 e. The van der Waals surface area contributed by atoms with E-state index in [0.29, 0.717) is 31.4 Å². The second kappa shape index (κ2) is 23.4. The van der Waals surface area contributed by atoms with Crippen LogP contribution in [0.1, 0.15) is 119 Å². The zero-order valence-electron chi connectivity index (χ0n) is 41.9. The number of amides is 7. The molecule has 0 bridgehead atoms. The van der Waals surface area contributed by atoms with E-state index in [9.17, 15) is 38.7 Å². The van der Waals surface area contributed by atoms with Crippen LogP contribution in [0.2, 0.25) is 0 Å². The van der Waals surface area contributed by atoms with E-state index < -0.39 is 65.4 Å². The van der Waals surface area contributed by atoms with Gasteiger partial charge >= 0.3 is 0 Å². The van der Waals surface area contributed by atoms with E-state index in [1.54, 1.807) is 11.3 Å². The highest BCUT2D eigenvalue weighted by molar-refractivity contribution is 7.13. The Labute approximate surface area is 425 Å². The fourth-order valence-electron chi connectivity index (χ4n) is 9.93. The van der Waals surface area contributed by atoms with Gasteiger partial charge in [0.25, 0.3) is 0 Å². The van der Waals surface area contributed by atoms with Crippen molar-refractivity contribution < 1.29 is 38.7 Å². The summed E-state index contributed by atoms with van der Waals surface area (Å²) in [6, 6.07) is 16.5. The minimum absolute atomic E-state index is 0.0177. The third-order valence-electron chi connectivity index (χ3n) is 14.0. The molecule has 18 heteroatoms. The standard InChI is InChI=1S/C54H69N9O8S/c1-31(35-17-19-37(20-18-35)47-32(2)58-30-72-47)59-50(68)42-27-39(64)29-62(42)53(71)48(54(3,4)5)61-45(66)16-8-6-7-11-33-12-9-13-34(25-33)28-57-49(67)41(23-24-44(56)65)60-51(69)43-26-38-15-10-14-36-21-22-40(55)52(70)63(43)46(36)38/h9-10,12-15,17-20,25,30-31,39-43,48,64H,6-8,11,16,21-24,26-29,55H2,1-5H3,(H2,56,65)(H,57,67)(H,59,68)(H,60,69)(H,61,66)/t31-,39+,40-,41-,42-,43-,48?/m0/s1. The lowest BCUT2D eigenvalue weighted by atomic mass is 9.85. The summed E-state index contributed by atoms with van der Waals surface area (Å²) in [4.78, 5) is 102.